The fraction of sp³-hybridized carbons (Fsp3) is 0.387. The maximum Gasteiger partial charge on any atom is 0.251 e. The summed E-state index contributed by atoms with van der Waals surface area (Å²) in [6.07, 6.45) is 0.791. The van der Waals surface area contributed by atoms with E-state index < -0.39 is 35.4 Å². The summed E-state index contributed by atoms with van der Waals surface area (Å²) in [7, 11) is 0. The lowest BCUT2D eigenvalue weighted by Crippen LogP contribution is -2.51. The molecule has 2 aliphatic rings. The molecule has 0 saturated heterocycles. The van der Waals surface area contributed by atoms with Crippen molar-refractivity contribution in [1.82, 2.24) is 47.2 Å². The minimum Gasteiger partial charge on any atom is -0.394 e. The Morgan fingerprint density at radius 2 is 1.10 bits per heavy atom. The van der Waals surface area contributed by atoms with Crippen LogP contribution in [-0.2, 0) is 45.1 Å². The van der Waals surface area contributed by atoms with Crippen molar-refractivity contribution >= 4 is 63.6 Å². The number of aryl methyl sites for hydroxylation is 2. The van der Waals surface area contributed by atoms with E-state index in [4.69, 9.17) is 10.2 Å². The number of tetrazole rings is 1. The molecule has 0 saturated carbocycles. The molecular formula is C62H75N11O9S2. The highest BCUT2D eigenvalue weighted by molar-refractivity contribution is 7.10. The van der Waals surface area contributed by atoms with Gasteiger partial charge in [-0.25, -0.2) is 0 Å². The maximum absolute atomic E-state index is 13.8. The third-order valence-corrected chi connectivity index (χ3v) is 16.6. The number of anilines is 2. The number of β-amino-alcohol motifs (C(OH)–C–C–N with tert-alkyl or cyclic N) is 2. The molecule has 444 valence electrons. The van der Waals surface area contributed by atoms with Crippen LogP contribution in [0.25, 0.3) is 33.6 Å². The van der Waals surface area contributed by atoms with Gasteiger partial charge in [-0.05, 0) is 128 Å². The molecule has 0 radical (unpaired) electrons. The molecule has 7 aromatic rings. The average Bonchev–Trinajstić information content (AvgIpc) is 4.32. The monoisotopic (exact) mass is 1180 g/mol. The van der Waals surface area contributed by atoms with E-state index in [2.05, 4.69) is 47.2 Å². The molecule has 3 aromatic heterocycles. The van der Waals surface area contributed by atoms with Crippen molar-refractivity contribution in [3.05, 3.63) is 146 Å². The van der Waals surface area contributed by atoms with E-state index in [1.54, 1.807) is 32.5 Å². The lowest BCUT2D eigenvalue weighted by atomic mass is 9.98. The molecule has 20 nitrogen and oxygen atoms in total. The number of nitrogens with one attached hydrogen (secondary N) is 6. The SMILES string of the molecule is CC(C)(CC(=O)N[C@@H]1CCc2sccc2N(Cc2ccc(-c3ccccc3-c3nn[nH]n3)cc2)C1=O)NC[C@H](O)CO.CCNC(=O)c1ccccc1-c1ccc(CN2C(=O)[C@H](NC(=O)CC(C)(C)NC[C@H](O)CO)CCc3sccc32)cc1. The fourth-order valence-corrected chi connectivity index (χ4v) is 12.0. The first-order chi connectivity index (χ1) is 40.3. The van der Waals surface area contributed by atoms with Crippen LogP contribution in [0.3, 0.4) is 0 Å². The van der Waals surface area contributed by atoms with Crippen LogP contribution in [0.1, 0.15) is 91.5 Å². The number of thiophene rings is 2. The van der Waals surface area contributed by atoms with Crippen LogP contribution >= 0.6 is 22.7 Å². The predicted octanol–water partition coefficient (Wildman–Crippen LogP) is 5.91. The standard InChI is InChI=1S/C32H40N4O5S.C30H35N7O4S/c1-4-33-30(40)25-8-6-5-7-24(25)22-11-9-21(10-12-22)19-36-27-15-16-42-28(27)14-13-26(31(36)41)35-29(39)17-32(2,3)34-18-23(38)20-37;1-30(2,31-16-21(39)18-38)15-27(40)32-24-11-12-26-25(13-14-42-26)37(29(24)41)17-19-7-9-20(10-8-19)22-5-3-4-6-23(22)28-33-35-36-34-28/h5-12,15-16,23,26,34,37-38H,4,13-14,17-20H2,1-3H3,(H,33,40)(H,35,39);3-10,13-14,21,24,31,38-39H,11-12,15-18H2,1-2H3,(H,32,40)(H,33,34,35,36)/t23-,26+;21-,24+/m00/s1. The van der Waals surface area contributed by atoms with Gasteiger partial charge in [0.15, 0.2) is 0 Å². The van der Waals surface area contributed by atoms with E-state index in [1.807, 2.05) is 155 Å². The van der Waals surface area contributed by atoms with Crippen LogP contribution in [-0.4, -0.2) is 139 Å². The summed E-state index contributed by atoms with van der Waals surface area (Å²) in [5, 5.41) is 70.8. The number of amides is 5. The van der Waals surface area contributed by atoms with E-state index in [-0.39, 0.29) is 68.7 Å². The Balaban J connectivity index is 0.000000219. The summed E-state index contributed by atoms with van der Waals surface area (Å²) in [4.78, 5) is 72.0. The number of aromatic amines is 1. The molecular weight excluding hydrogens is 1110 g/mol. The zero-order chi connectivity index (χ0) is 60.0. The Labute approximate surface area is 497 Å². The van der Waals surface area contributed by atoms with Gasteiger partial charge in [0, 0.05) is 64.4 Å². The van der Waals surface area contributed by atoms with Gasteiger partial charge in [0.2, 0.25) is 29.5 Å². The maximum atomic E-state index is 13.8. The number of nitrogens with zero attached hydrogens (tertiary/aromatic N) is 5. The number of hydrogen-bond donors (Lipinski definition) is 10. The molecule has 0 unspecified atom stereocenters. The van der Waals surface area contributed by atoms with Crippen molar-refractivity contribution in [3.63, 3.8) is 0 Å². The second kappa shape index (κ2) is 28.8. The Morgan fingerprint density at radius 1 is 0.643 bits per heavy atom. The second-order valence-electron chi connectivity index (χ2n) is 22.3. The van der Waals surface area contributed by atoms with Gasteiger partial charge >= 0.3 is 0 Å². The highest BCUT2D eigenvalue weighted by atomic mass is 32.1. The molecule has 22 heteroatoms. The summed E-state index contributed by atoms with van der Waals surface area (Å²) in [5.74, 6) is -0.415. The zero-order valence-corrected chi connectivity index (χ0v) is 49.6. The van der Waals surface area contributed by atoms with Crippen LogP contribution in [0.5, 0.6) is 0 Å². The number of aliphatic hydroxyl groups excluding tert-OH is 4. The molecule has 2 aliphatic heterocycles. The molecule has 4 aromatic carbocycles. The Bertz CT molecular complexity index is 3330. The molecule has 0 bridgehead atoms. The van der Waals surface area contributed by atoms with Crippen molar-refractivity contribution in [2.45, 2.75) is 122 Å². The molecule has 0 fully saturated rings. The van der Waals surface area contributed by atoms with Crippen LogP contribution in [0, 0.1) is 0 Å². The van der Waals surface area contributed by atoms with Crippen LogP contribution in [0.4, 0.5) is 11.4 Å². The Morgan fingerprint density at radius 3 is 1.55 bits per heavy atom. The van der Waals surface area contributed by atoms with Gasteiger partial charge in [-0.2, -0.15) is 5.21 Å². The van der Waals surface area contributed by atoms with Gasteiger partial charge in [-0.15, -0.1) is 32.9 Å². The van der Waals surface area contributed by atoms with E-state index in [0.717, 1.165) is 60.1 Å². The summed E-state index contributed by atoms with van der Waals surface area (Å²) < 4.78 is 0. The fourth-order valence-electron chi connectivity index (χ4n) is 10.2. The lowest BCUT2D eigenvalue weighted by Gasteiger charge is -2.29. The normalized spacial score (nSPS) is 16.1. The minimum atomic E-state index is -0.910. The number of carbonyl (C=O) groups excluding carboxylic acids is 5. The number of hydrogen-bond acceptors (Lipinski definition) is 16. The summed E-state index contributed by atoms with van der Waals surface area (Å²) >= 11 is 3.22. The van der Waals surface area contributed by atoms with Crippen molar-refractivity contribution in [2.24, 2.45) is 0 Å². The van der Waals surface area contributed by atoms with E-state index >= 15 is 0 Å². The number of carbonyl (C=O) groups is 5. The lowest BCUT2D eigenvalue weighted by molar-refractivity contribution is -0.128. The zero-order valence-electron chi connectivity index (χ0n) is 47.9. The number of benzene rings is 4. The molecule has 0 aliphatic carbocycles. The third kappa shape index (κ3) is 16.4. The Kier molecular flexibility index (Phi) is 21.5. The van der Waals surface area contributed by atoms with Gasteiger partial charge in [0.05, 0.1) is 49.9 Å². The van der Waals surface area contributed by atoms with E-state index in [1.165, 1.54) is 0 Å². The number of H-pyrrole nitrogens is 1. The summed E-state index contributed by atoms with van der Waals surface area (Å²) in [6, 6.07) is 33.9. The first-order valence-corrected chi connectivity index (χ1v) is 29.9. The molecule has 4 atom stereocenters. The van der Waals surface area contributed by atoms with E-state index in [9.17, 15) is 34.2 Å². The van der Waals surface area contributed by atoms with Crippen LogP contribution < -0.4 is 36.4 Å². The number of aliphatic hydroxyl groups is 4. The average molecular weight is 1180 g/mol. The number of aromatic nitrogens is 4. The molecule has 0 spiro atoms. The van der Waals surface area contributed by atoms with Gasteiger partial charge in [-0.1, -0.05) is 91.0 Å². The van der Waals surface area contributed by atoms with Gasteiger partial charge < -0.3 is 56.8 Å². The first kappa shape index (κ1) is 62.5. The Hall–Kier alpha value is -7.54. The summed E-state index contributed by atoms with van der Waals surface area (Å²) in [6.45, 7) is 10.1. The van der Waals surface area contributed by atoms with Crippen molar-refractivity contribution in [2.75, 3.05) is 42.6 Å². The van der Waals surface area contributed by atoms with Crippen molar-refractivity contribution in [1.29, 1.82) is 0 Å². The van der Waals surface area contributed by atoms with Crippen molar-refractivity contribution < 1.29 is 44.4 Å². The molecule has 5 heterocycles. The smallest absolute Gasteiger partial charge is 0.251 e. The molecule has 84 heavy (non-hydrogen) atoms. The molecule has 10 N–H and O–H groups in total. The predicted molar refractivity (Wildman–Crippen MR) is 326 cm³/mol. The number of rotatable bonds is 23. The van der Waals surface area contributed by atoms with Crippen molar-refractivity contribution in [3.8, 4) is 33.6 Å². The quantitative estimate of drug-likeness (QED) is 0.0357. The minimum absolute atomic E-state index is 0.107. The topological polar surface area (TPSA) is 287 Å². The second-order valence-corrected chi connectivity index (χ2v) is 24.3. The molecule has 5 amide bonds. The third-order valence-electron chi connectivity index (χ3n) is 14.6. The van der Waals surface area contributed by atoms with Gasteiger partial charge in [0.25, 0.3) is 5.91 Å². The summed E-state index contributed by atoms with van der Waals surface area (Å²) in [5.41, 5.74) is 7.57. The largest absolute Gasteiger partial charge is 0.394 e. The molecule has 9 rings (SSSR count). The first-order valence-electron chi connectivity index (χ1n) is 28.2. The highest BCUT2D eigenvalue weighted by Crippen LogP contribution is 2.36. The van der Waals surface area contributed by atoms with E-state index in [0.29, 0.717) is 56.7 Å². The number of fused-ring (bicyclic) bond motifs is 2. The van der Waals surface area contributed by atoms with Crippen LogP contribution in [0.2, 0.25) is 0 Å². The van der Waals surface area contributed by atoms with Gasteiger partial charge in [-0.3, -0.25) is 24.0 Å². The van der Waals surface area contributed by atoms with Crippen LogP contribution in [0.15, 0.2) is 120 Å². The van der Waals surface area contributed by atoms with Gasteiger partial charge in [0.1, 0.15) is 12.1 Å². The highest BCUT2D eigenvalue weighted by Gasteiger charge is 2.35.